The summed E-state index contributed by atoms with van der Waals surface area (Å²) >= 11 is 0. The van der Waals surface area contributed by atoms with Gasteiger partial charge in [0.05, 0.1) is 25.7 Å². The van der Waals surface area contributed by atoms with Crippen LogP contribution in [0.25, 0.3) is 0 Å². The Morgan fingerprint density at radius 1 is 1.17 bits per heavy atom. The Morgan fingerprint density at radius 2 is 1.89 bits per heavy atom. The normalized spacial score (nSPS) is 12.8. The zero-order chi connectivity index (χ0) is 13.2. The Balaban J connectivity index is 2.28. The average Bonchev–Trinajstić information content (AvgIpc) is 2.84. The summed E-state index contributed by atoms with van der Waals surface area (Å²) in [6, 6.07) is -0.328. The van der Waals surface area contributed by atoms with Crippen molar-refractivity contribution in [1.29, 1.82) is 0 Å². The summed E-state index contributed by atoms with van der Waals surface area (Å²) in [6.07, 6.45) is 2.60. The lowest BCUT2D eigenvalue weighted by atomic mass is 10.3. The molecule has 0 spiro atoms. The summed E-state index contributed by atoms with van der Waals surface area (Å²) in [5, 5.41) is 3.85. The molecule has 0 saturated carbocycles. The van der Waals surface area contributed by atoms with Crippen LogP contribution in [0.2, 0.25) is 0 Å². The summed E-state index contributed by atoms with van der Waals surface area (Å²) in [4.78, 5) is 4.22. The van der Waals surface area contributed by atoms with Crippen LogP contribution < -0.4 is 5.73 Å². The fourth-order valence-corrected chi connectivity index (χ4v) is 1.36. The Hall–Kier alpha value is -0.980. The molecule has 104 valence electrons. The third-order valence-electron chi connectivity index (χ3n) is 2.27. The molecule has 6 heteroatoms. The van der Waals surface area contributed by atoms with Gasteiger partial charge in [0, 0.05) is 13.2 Å². The molecule has 0 bridgehead atoms. The van der Waals surface area contributed by atoms with Gasteiger partial charge in [0.15, 0.2) is 5.82 Å². The Bertz CT molecular complexity index is 317. The molecule has 0 radical (unpaired) electrons. The zero-order valence-electron chi connectivity index (χ0n) is 11.2. The van der Waals surface area contributed by atoms with Crippen LogP contribution >= 0.6 is 0 Å². The van der Waals surface area contributed by atoms with Gasteiger partial charge in [-0.05, 0) is 12.8 Å². The second-order valence-electron chi connectivity index (χ2n) is 4.09. The summed E-state index contributed by atoms with van der Waals surface area (Å²) in [5.74, 6) is 1.06. The lowest BCUT2D eigenvalue weighted by Gasteiger charge is -2.06. The van der Waals surface area contributed by atoms with E-state index in [0.717, 1.165) is 19.4 Å². The number of nitrogens with two attached hydrogens (primary N) is 1. The summed E-state index contributed by atoms with van der Waals surface area (Å²) in [7, 11) is 0. The Kier molecular flexibility index (Phi) is 7.55. The molecule has 1 rings (SSSR count). The van der Waals surface area contributed by atoms with Crippen LogP contribution in [0.3, 0.4) is 0 Å². The van der Waals surface area contributed by atoms with E-state index in [2.05, 4.69) is 17.1 Å². The van der Waals surface area contributed by atoms with Crippen LogP contribution in [0.15, 0.2) is 4.52 Å². The van der Waals surface area contributed by atoms with Gasteiger partial charge in [-0.15, -0.1) is 0 Å². The van der Waals surface area contributed by atoms with Crippen LogP contribution in [0.1, 0.15) is 44.4 Å². The van der Waals surface area contributed by atoms with E-state index in [-0.39, 0.29) is 6.04 Å². The lowest BCUT2D eigenvalue weighted by Crippen LogP contribution is -2.19. The van der Waals surface area contributed by atoms with Crippen LogP contribution in [0, 0.1) is 0 Å². The van der Waals surface area contributed by atoms with Crippen molar-refractivity contribution < 1.29 is 14.0 Å². The first kappa shape index (κ1) is 15.1. The van der Waals surface area contributed by atoms with Crippen molar-refractivity contribution >= 4 is 0 Å². The molecule has 0 amide bonds. The zero-order valence-corrected chi connectivity index (χ0v) is 11.2. The molecule has 1 atom stereocenters. The van der Waals surface area contributed by atoms with Gasteiger partial charge in [-0.25, -0.2) is 0 Å². The molecule has 0 aromatic carbocycles. The monoisotopic (exact) mass is 257 g/mol. The molecule has 1 heterocycles. The van der Waals surface area contributed by atoms with Gasteiger partial charge in [-0.2, -0.15) is 4.98 Å². The minimum atomic E-state index is -0.328. The van der Waals surface area contributed by atoms with E-state index in [1.54, 1.807) is 0 Å². The first-order chi connectivity index (χ1) is 8.77. The highest BCUT2D eigenvalue weighted by molar-refractivity contribution is 4.93. The highest BCUT2D eigenvalue weighted by Crippen LogP contribution is 2.07. The molecule has 1 unspecified atom stereocenters. The van der Waals surface area contributed by atoms with E-state index in [1.807, 2.05) is 6.92 Å². The topological polar surface area (TPSA) is 83.4 Å². The van der Waals surface area contributed by atoms with E-state index < -0.39 is 0 Å². The third kappa shape index (κ3) is 5.57. The lowest BCUT2D eigenvalue weighted by molar-refractivity contribution is 0.119. The summed E-state index contributed by atoms with van der Waals surface area (Å²) < 4.78 is 15.8. The van der Waals surface area contributed by atoms with Gasteiger partial charge in [0.2, 0.25) is 5.89 Å². The maximum absolute atomic E-state index is 5.88. The number of rotatable bonds is 10. The summed E-state index contributed by atoms with van der Waals surface area (Å²) in [6.45, 7) is 6.58. The fourth-order valence-electron chi connectivity index (χ4n) is 1.36. The van der Waals surface area contributed by atoms with Crippen LogP contribution in [-0.4, -0.2) is 36.6 Å². The largest absolute Gasteiger partial charge is 0.381 e. The number of aromatic nitrogens is 2. The molecule has 0 saturated heterocycles. The van der Waals surface area contributed by atoms with E-state index in [4.69, 9.17) is 19.7 Å². The van der Waals surface area contributed by atoms with Gasteiger partial charge >= 0.3 is 0 Å². The average molecular weight is 257 g/mol. The van der Waals surface area contributed by atoms with E-state index in [9.17, 15) is 0 Å². The van der Waals surface area contributed by atoms with Crippen LogP contribution in [-0.2, 0) is 15.9 Å². The Morgan fingerprint density at radius 3 is 2.61 bits per heavy atom. The summed E-state index contributed by atoms with van der Waals surface area (Å²) in [5.41, 5.74) is 5.88. The maximum Gasteiger partial charge on any atom is 0.229 e. The number of ether oxygens (including phenoxy) is 2. The highest BCUT2D eigenvalue weighted by Gasteiger charge is 2.14. The highest BCUT2D eigenvalue weighted by atomic mass is 16.5. The maximum atomic E-state index is 5.88. The number of hydrogen-bond acceptors (Lipinski definition) is 6. The molecular weight excluding hydrogens is 234 g/mol. The van der Waals surface area contributed by atoms with Crippen molar-refractivity contribution in [3.63, 3.8) is 0 Å². The molecule has 0 aliphatic rings. The molecule has 0 aliphatic heterocycles. The smallest absolute Gasteiger partial charge is 0.229 e. The second kappa shape index (κ2) is 9.02. The molecule has 2 N–H and O–H groups in total. The molecule has 6 nitrogen and oxygen atoms in total. The second-order valence-corrected chi connectivity index (χ2v) is 4.09. The van der Waals surface area contributed by atoms with Gasteiger partial charge in [0.25, 0.3) is 0 Å². The van der Waals surface area contributed by atoms with Gasteiger partial charge in [0.1, 0.15) is 0 Å². The van der Waals surface area contributed by atoms with Crippen molar-refractivity contribution in [3.8, 4) is 0 Å². The van der Waals surface area contributed by atoms with Crippen molar-refractivity contribution in [2.24, 2.45) is 5.73 Å². The van der Waals surface area contributed by atoms with Gasteiger partial charge in [-0.3, -0.25) is 0 Å². The fraction of sp³-hybridized carbons (Fsp3) is 0.833. The standard InChI is InChI=1S/C12H23N3O3/c1-3-6-16-8-5-11-14-12(15-18-11)10(13)9-17-7-4-2/h10H,3-9,13H2,1-2H3. The van der Waals surface area contributed by atoms with E-state index in [1.165, 1.54) is 0 Å². The number of nitrogens with zero attached hydrogens (tertiary/aromatic N) is 2. The first-order valence-electron chi connectivity index (χ1n) is 6.51. The molecular formula is C12H23N3O3. The van der Waals surface area contributed by atoms with Crippen LogP contribution in [0.5, 0.6) is 0 Å². The molecule has 1 aromatic heterocycles. The predicted molar refractivity (Wildman–Crippen MR) is 67.2 cm³/mol. The van der Waals surface area contributed by atoms with E-state index >= 15 is 0 Å². The van der Waals surface area contributed by atoms with E-state index in [0.29, 0.717) is 38.0 Å². The van der Waals surface area contributed by atoms with Crippen LogP contribution in [0.4, 0.5) is 0 Å². The van der Waals surface area contributed by atoms with Gasteiger partial charge < -0.3 is 19.7 Å². The van der Waals surface area contributed by atoms with Crippen molar-refractivity contribution in [1.82, 2.24) is 10.1 Å². The molecule has 18 heavy (non-hydrogen) atoms. The first-order valence-corrected chi connectivity index (χ1v) is 6.51. The SMILES string of the molecule is CCCOCCc1nc(C(N)COCCC)no1. The Labute approximate surface area is 108 Å². The predicted octanol–water partition coefficient (Wildman–Crippen LogP) is 1.47. The minimum absolute atomic E-state index is 0.328. The molecule has 0 fully saturated rings. The third-order valence-corrected chi connectivity index (χ3v) is 2.27. The van der Waals surface area contributed by atoms with Crippen molar-refractivity contribution in [3.05, 3.63) is 11.7 Å². The molecule has 1 aromatic rings. The minimum Gasteiger partial charge on any atom is -0.381 e. The molecule has 0 aliphatic carbocycles. The van der Waals surface area contributed by atoms with Gasteiger partial charge in [-0.1, -0.05) is 19.0 Å². The number of hydrogen-bond donors (Lipinski definition) is 1. The quantitative estimate of drug-likeness (QED) is 0.639. The van der Waals surface area contributed by atoms with Crippen molar-refractivity contribution in [2.75, 3.05) is 26.4 Å². The van der Waals surface area contributed by atoms with Crippen molar-refractivity contribution in [2.45, 2.75) is 39.2 Å².